The van der Waals surface area contributed by atoms with Crippen LogP contribution in [-0.2, 0) is 6.18 Å². The van der Waals surface area contributed by atoms with Crippen LogP contribution < -0.4 is 4.90 Å². The highest BCUT2D eigenvalue weighted by Crippen LogP contribution is 2.35. The van der Waals surface area contributed by atoms with Crippen LogP contribution >= 0.6 is 0 Å². The van der Waals surface area contributed by atoms with Crippen LogP contribution in [0.4, 0.5) is 23.4 Å². The number of rotatable bonds is 5. The van der Waals surface area contributed by atoms with Crippen molar-refractivity contribution in [2.75, 3.05) is 18.0 Å². The minimum atomic E-state index is -4.65. The lowest BCUT2D eigenvalue weighted by atomic mass is 10.0. The fraction of sp³-hybridized carbons (Fsp3) is 0.455. The van der Waals surface area contributed by atoms with E-state index in [2.05, 4.69) is 25.0 Å². The highest BCUT2D eigenvalue weighted by Gasteiger charge is 2.40. The van der Waals surface area contributed by atoms with E-state index in [0.717, 1.165) is 12.8 Å². The van der Waals surface area contributed by atoms with Gasteiger partial charge in [-0.25, -0.2) is 24.3 Å². The minimum absolute atomic E-state index is 0.0824. The highest BCUT2D eigenvalue weighted by atomic mass is 19.4. The van der Waals surface area contributed by atoms with E-state index in [9.17, 15) is 22.4 Å². The standard InChI is InChI=1S/C22H22F4N8O/c1-13-30-12-31-34(13)21-28-9-14(10-29-21)20(35)33(16-2-3-16)17-4-6-32(7-5-17)19-18(23)8-15(11-27-19)22(24,25)26/h8-12,16-17H,2-7H2,1H3. The van der Waals surface area contributed by atoms with Crippen LogP contribution in [0.1, 0.15) is 47.4 Å². The first-order valence-corrected chi connectivity index (χ1v) is 11.2. The Morgan fingerprint density at radius 1 is 1.00 bits per heavy atom. The SMILES string of the molecule is Cc1ncnn1-c1ncc(C(=O)N(C2CC2)C2CCN(c3ncc(C(F)(F)F)cc3F)CC2)cn1. The molecular formula is C22H22F4N8O. The molecule has 0 atom stereocenters. The average molecular weight is 490 g/mol. The average Bonchev–Trinajstić information content (AvgIpc) is 3.58. The molecule has 0 bridgehead atoms. The zero-order valence-electron chi connectivity index (χ0n) is 18.8. The Kier molecular flexibility index (Phi) is 5.85. The molecule has 0 aromatic carbocycles. The van der Waals surface area contributed by atoms with Gasteiger partial charge in [0.1, 0.15) is 12.2 Å². The van der Waals surface area contributed by atoms with E-state index in [1.807, 2.05) is 4.90 Å². The monoisotopic (exact) mass is 490 g/mol. The molecule has 1 aliphatic heterocycles. The molecule has 9 nitrogen and oxygen atoms in total. The van der Waals surface area contributed by atoms with E-state index in [4.69, 9.17) is 0 Å². The van der Waals surface area contributed by atoms with Crippen molar-refractivity contribution in [2.45, 2.75) is 50.9 Å². The van der Waals surface area contributed by atoms with Crippen molar-refractivity contribution < 1.29 is 22.4 Å². The number of aromatic nitrogens is 6. The van der Waals surface area contributed by atoms with Gasteiger partial charge in [-0.3, -0.25) is 4.79 Å². The van der Waals surface area contributed by atoms with E-state index < -0.39 is 17.6 Å². The molecule has 0 N–H and O–H groups in total. The number of hydrogen-bond donors (Lipinski definition) is 0. The third kappa shape index (κ3) is 4.66. The number of anilines is 1. The van der Waals surface area contributed by atoms with Crippen molar-refractivity contribution in [3.63, 3.8) is 0 Å². The quantitative estimate of drug-likeness (QED) is 0.507. The molecule has 1 saturated carbocycles. The van der Waals surface area contributed by atoms with E-state index in [-0.39, 0.29) is 23.8 Å². The lowest BCUT2D eigenvalue weighted by Crippen LogP contribution is -2.49. The summed E-state index contributed by atoms with van der Waals surface area (Å²) in [5.74, 6) is -0.351. The molecule has 3 aromatic rings. The smallest absolute Gasteiger partial charge is 0.354 e. The van der Waals surface area contributed by atoms with Gasteiger partial charge < -0.3 is 9.80 Å². The largest absolute Gasteiger partial charge is 0.417 e. The van der Waals surface area contributed by atoms with Gasteiger partial charge in [0, 0.05) is 43.8 Å². The molecule has 2 fully saturated rings. The first kappa shape index (κ1) is 23.1. The molecule has 4 heterocycles. The zero-order valence-corrected chi connectivity index (χ0v) is 18.8. The second kappa shape index (κ2) is 8.86. The number of carbonyl (C=O) groups is 1. The Balaban J connectivity index is 1.27. The number of hydrogen-bond acceptors (Lipinski definition) is 7. The predicted molar refractivity (Wildman–Crippen MR) is 115 cm³/mol. The fourth-order valence-electron chi connectivity index (χ4n) is 4.34. The summed E-state index contributed by atoms with van der Waals surface area (Å²) < 4.78 is 54.3. The summed E-state index contributed by atoms with van der Waals surface area (Å²) in [5, 5.41) is 4.06. The summed E-state index contributed by atoms with van der Waals surface area (Å²) in [6.45, 7) is 2.51. The maximum Gasteiger partial charge on any atom is 0.417 e. The number of carbonyl (C=O) groups excluding carboxylic acids is 1. The molecule has 184 valence electrons. The van der Waals surface area contributed by atoms with Gasteiger partial charge in [0.05, 0.1) is 11.1 Å². The van der Waals surface area contributed by atoms with Crippen LogP contribution in [0.2, 0.25) is 0 Å². The van der Waals surface area contributed by atoms with E-state index in [1.165, 1.54) is 23.4 Å². The third-order valence-electron chi connectivity index (χ3n) is 6.27. The van der Waals surface area contributed by atoms with E-state index >= 15 is 0 Å². The number of halogens is 4. The fourth-order valence-corrected chi connectivity index (χ4v) is 4.34. The van der Waals surface area contributed by atoms with Gasteiger partial charge in [0.25, 0.3) is 11.9 Å². The Morgan fingerprint density at radius 3 is 2.20 bits per heavy atom. The number of pyridine rings is 1. The van der Waals surface area contributed by atoms with Crippen molar-refractivity contribution >= 4 is 11.7 Å². The van der Waals surface area contributed by atoms with Gasteiger partial charge >= 0.3 is 6.18 Å². The van der Waals surface area contributed by atoms with Gasteiger partial charge in [-0.15, -0.1) is 0 Å². The molecule has 0 spiro atoms. The Morgan fingerprint density at radius 2 is 1.66 bits per heavy atom. The number of nitrogens with zero attached hydrogens (tertiary/aromatic N) is 8. The minimum Gasteiger partial charge on any atom is -0.354 e. The van der Waals surface area contributed by atoms with Crippen LogP contribution in [0.25, 0.3) is 5.95 Å². The van der Waals surface area contributed by atoms with Gasteiger partial charge in [-0.1, -0.05) is 0 Å². The summed E-state index contributed by atoms with van der Waals surface area (Å²) in [6.07, 6.45) is 3.22. The highest BCUT2D eigenvalue weighted by molar-refractivity contribution is 5.94. The van der Waals surface area contributed by atoms with Crippen molar-refractivity contribution in [2.24, 2.45) is 0 Å². The first-order chi connectivity index (χ1) is 16.7. The number of aryl methyl sites for hydroxylation is 1. The molecule has 0 unspecified atom stereocenters. The molecule has 5 rings (SSSR count). The molecule has 1 amide bonds. The van der Waals surface area contributed by atoms with Crippen LogP contribution in [-0.4, -0.2) is 65.7 Å². The lowest BCUT2D eigenvalue weighted by molar-refractivity contribution is -0.138. The molecule has 1 saturated heterocycles. The first-order valence-electron chi connectivity index (χ1n) is 11.2. The number of alkyl halides is 3. The van der Waals surface area contributed by atoms with Crippen molar-refractivity contribution in [1.82, 2.24) is 34.6 Å². The van der Waals surface area contributed by atoms with Gasteiger partial charge in [0.15, 0.2) is 11.6 Å². The van der Waals surface area contributed by atoms with Crippen molar-refractivity contribution in [3.8, 4) is 5.95 Å². The molecule has 0 radical (unpaired) electrons. The molecule has 35 heavy (non-hydrogen) atoms. The van der Waals surface area contributed by atoms with Gasteiger partial charge in [-0.05, 0) is 38.7 Å². The summed E-state index contributed by atoms with van der Waals surface area (Å²) in [6, 6.07) is 0.511. The van der Waals surface area contributed by atoms with Crippen LogP contribution in [0.3, 0.4) is 0 Å². The third-order valence-corrected chi connectivity index (χ3v) is 6.27. The lowest BCUT2D eigenvalue weighted by Gasteiger charge is -2.39. The summed E-state index contributed by atoms with van der Waals surface area (Å²) in [5.41, 5.74) is -0.761. The van der Waals surface area contributed by atoms with Gasteiger partial charge in [-0.2, -0.15) is 23.0 Å². The Labute approximate surface area is 197 Å². The van der Waals surface area contributed by atoms with Crippen LogP contribution in [0.5, 0.6) is 0 Å². The zero-order chi connectivity index (χ0) is 24.7. The predicted octanol–water partition coefficient (Wildman–Crippen LogP) is 3.19. The molecular weight excluding hydrogens is 468 g/mol. The summed E-state index contributed by atoms with van der Waals surface area (Å²) in [4.78, 5) is 33.1. The van der Waals surface area contributed by atoms with Gasteiger partial charge in [0.2, 0.25) is 0 Å². The Bertz CT molecular complexity index is 1220. The molecule has 3 aromatic heterocycles. The normalized spacial score (nSPS) is 17.0. The van der Waals surface area contributed by atoms with Crippen molar-refractivity contribution in [1.29, 1.82) is 0 Å². The maximum absolute atomic E-state index is 14.4. The molecule has 2 aliphatic rings. The summed E-state index contributed by atoms with van der Waals surface area (Å²) >= 11 is 0. The molecule has 13 heteroatoms. The second-order valence-corrected chi connectivity index (χ2v) is 8.68. The number of piperidine rings is 1. The second-order valence-electron chi connectivity index (χ2n) is 8.68. The van der Waals surface area contributed by atoms with Crippen LogP contribution in [0, 0.1) is 12.7 Å². The summed E-state index contributed by atoms with van der Waals surface area (Å²) in [7, 11) is 0. The molecule has 1 aliphatic carbocycles. The number of amides is 1. The maximum atomic E-state index is 14.4. The van der Waals surface area contributed by atoms with E-state index in [1.54, 1.807) is 11.8 Å². The van der Waals surface area contributed by atoms with Crippen LogP contribution in [0.15, 0.2) is 31.0 Å². The topological polar surface area (TPSA) is 92.9 Å². The van der Waals surface area contributed by atoms with E-state index in [0.29, 0.717) is 55.5 Å². The van der Waals surface area contributed by atoms with Crippen molar-refractivity contribution in [3.05, 3.63) is 53.8 Å². The Hall–Kier alpha value is -3.64.